The summed E-state index contributed by atoms with van der Waals surface area (Å²) in [6.45, 7) is 0.147. The highest BCUT2D eigenvalue weighted by molar-refractivity contribution is 7.87. The zero-order chi connectivity index (χ0) is 17.6. The van der Waals surface area contributed by atoms with Gasteiger partial charge in [-0.15, -0.1) is 0 Å². The minimum atomic E-state index is -3.85. The van der Waals surface area contributed by atoms with Gasteiger partial charge >= 0.3 is 0 Å². The van der Waals surface area contributed by atoms with Gasteiger partial charge in [0.1, 0.15) is 6.04 Å². The lowest BCUT2D eigenvalue weighted by molar-refractivity contribution is -0.130. The molecule has 128 valence electrons. The Morgan fingerprint density at radius 1 is 1.00 bits per heavy atom. The summed E-state index contributed by atoms with van der Waals surface area (Å²) in [4.78, 5) is 13.7. The molecule has 2 rings (SSSR count). The number of carbonyl (C=O) groups excluding carboxylic acids is 1. The van der Waals surface area contributed by atoms with Crippen molar-refractivity contribution in [1.29, 1.82) is 0 Å². The highest BCUT2D eigenvalue weighted by Gasteiger charge is 2.27. The van der Waals surface area contributed by atoms with Crippen molar-refractivity contribution in [3.63, 3.8) is 0 Å². The van der Waals surface area contributed by atoms with E-state index < -0.39 is 16.3 Å². The van der Waals surface area contributed by atoms with Gasteiger partial charge in [-0.1, -0.05) is 60.7 Å². The van der Waals surface area contributed by atoms with Crippen LogP contribution in [0.15, 0.2) is 60.7 Å². The van der Waals surface area contributed by atoms with Crippen LogP contribution in [0.2, 0.25) is 0 Å². The zero-order valence-corrected chi connectivity index (χ0v) is 14.5. The van der Waals surface area contributed by atoms with Crippen LogP contribution in [0.5, 0.6) is 0 Å². The van der Waals surface area contributed by atoms with Gasteiger partial charge in [0.05, 0.1) is 0 Å². The average molecular weight is 347 g/mol. The number of likely N-dealkylation sites (N-methyl/N-ethyl adjacent to an activating group) is 1. The highest BCUT2D eigenvalue weighted by Crippen LogP contribution is 2.15. The number of benzene rings is 2. The maximum absolute atomic E-state index is 12.4. The van der Waals surface area contributed by atoms with Crippen molar-refractivity contribution in [3.05, 3.63) is 71.8 Å². The van der Waals surface area contributed by atoms with Gasteiger partial charge in [-0.2, -0.15) is 17.9 Å². The van der Waals surface area contributed by atoms with Crippen LogP contribution >= 0.6 is 0 Å². The van der Waals surface area contributed by atoms with Crippen molar-refractivity contribution in [2.45, 2.75) is 12.6 Å². The van der Waals surface area contributed by atoms with E-state index in [-0.39, 0.29) is 12.5 Å². The number of hydrogen-bond acceptors (Lipinski definition) is 3. The Balaban J connectivity index is 2.14. The molecule has 7 heteroatoms. The largest absolute Gasteiger partial charge is 0.347 e. The molecular formula is C17H21N3O3S. The topological polar surface area (TPSA) is 78.5 Å². The van der Waals surface area contributed by atoms with E-state index in [2.05, 4.69) is 9.44 Å². The van der Waals surface area contributed by atoms with Crippen molar-refractivity contribution in [3.8, 4) is 0 Å². The van der Waals surface area contributed by atoms with E-state index >= 15 is 0 Å². The standard InChI is InChI=1S/C17H21N3O3S/c1-20(2)17(21)16(15-11-7-4-8-12-15)19-24(22,23)18-13-14-9-5-3-6-10-14/h3-12,16,18-19H,13H2,1-2H3/t16-/m1/s1. The maximum Gasteiger partial charge on any atom is 0.278 e. The second-order valence-corrected chi connectivity index (χ2v) is 7.04. The smallest absolute Gasteiger partial charge is 0.278 e. The summed E-state index contributed by atoms with van der Waals surface area (Å²) >= 11 is 0. The first kappa shape index (κ1) is 18.1. The lowest BCUT2D eigenvalue weighted by Gasteiger charge is -2.22. The molecule has 24 heavy (non-hydrogen) atoms. The highest BCUT2D eigenvalue weighted by atomic mass is 32.2. The van der Waals surface area contributed by atoms with Crippen LogP contribution in [0.1, 0.15) is 17.2 Å². The van der Waals surface area contributed by atoms with Crippen LogP contribution in [0.25, 0.3) is 0 Å². The number of nitrogens with one attached hydrogen (secondary N) is 2. The molecule has 0 bridgehead atoms. The number of rotatable bonds is 7. The third-order valence-electron chi connectivity index (χ3n) is 3.40. The fraction of sp³-hybridized carbons (Fsp3) is 0.235. The van der Waals surface area contributed by atoms with Crippen molar-refractivity contribution in [2.75, 3.05) is 14.1 Å². The van der Waals surface area contributed by atoms with Crippen molar-refractivity contribution in [1.82, 2.24) is 14.3 Å². The molecule has 2 aromatic carbocycles. The molecule has 0 spiro atoms. The summed E-state index contributed by atoms with van der Waals surface area (Å²) in [6.07, 6.45) is 0. The molecule has 2 aromatic rings. The molecule has 2 N–H and O–H groups in total. The lowest BCUT2D eigenvalue weighted by atomic mass is 10.1. The Kier molecular flexibility index (Phi) is 6.08. The molecule has 0 saturated heterocycles. The SMILES string of the molecule is CN(C)C(=O)[C@H](NS(=O)(=O)NCc1ccccc1)c1ccccc1. The monoisotopic (exact) mass is 347 g/mol. The number of nitrogens with zero attached hydrogens (tertiary/aromatic N) is 1. The van der Waals surface area contributed by atoms with Gasteiger partial charge in [-0.3, -0.25) is 4.79 Å². The summed E-state index contributed by atoms with van der Waals surface area (Å²) in [6, 6.07) is 16.9. The average Bonchev–Trinajstić information content (AvgIpc) is 2.59. The van der Waals surface area contributed by atoms with Crippen LogP contribution in [0, 0.1) is 0 Å². The first-order valence-electron chi connectivity index (χ1n) is 7.46. The Morgan fingerprint density at radius 2 is 1.54 bits per heavy atom. The number of hydrogen-bond donors (Lipinski definition) is 2. The summed E-state index contributed by atoms with van der Waals surface area (Å²) in [7, 11) is -0.679. The second kappa shape index (κ2) is 8.05. The fourth-order valence-electron chi connectivity index (χ4n) is 2.14. The molecule has 0 aromatic heterocycles. The Bertz CT molecular complexity index is 762. The molecule has 0 aliphatic carbocycles. The summed E-state index contributed by atoms with van der Waals surface area (Å²) in [5, 5.41) is 0. The lowest BCUT2D eigenvalue weighted by Crippen LogP contribution is -2.44. The molecule has 0 aliphatic rings. The summed E-state index contributed by atoms with van der Waals surface area (Å²) in [5.41, 5.74) is 1.42. The van der Waals surface area contributed by atoms with E-state index in [0.29, 0.717) is 5.56 Å². The first-order valence-corrected chi connectivity index (χ1v) is 8.94. The fourth-order valence-corrected chi connectivity index (χ4v) is 3.12. The van der Waals surface area contributed by atoms with E-state index in [1.807, 2.05) is 36.4 Å². The van der Waals surface area contributed by atoms with Gasteiger partial charge < -0.3 is 4.90 Å². The third kappa shape index (κ3) is 5.16. The van der Waals surface area contributed by atoms with Crippen LogP contribution in [0.3, 0.4) is 0 Å². The Hall–Kier alpha value is -2.22. The quantitative estimate of drug-likeness (QED) is 0.795. The zero-order valence-electron chi connectivity index (χ0n) is 13.6. The Labute approximate surface area is 142 Å². The van der Waals surface area contributed by atoms with Crippen molar-refractivity contribution < 1.29 is 13.2 Å². The minimum absolute atomic E-state index is 0.147. The molecular weight excluding hydrogens is 326 g/mol. The maximum atomic E-state index is 12.4. The van der Waals surface area contributed by atoms with Crippen LogP contribution in [0.4, 0.5) is 0 Å². The van der Waals surface area contributed by atoms with Crippen LogP contribution < -0.4 is 9.44 Å². The molecule has 0 aliphatic heterocycles. The van der Waals surface area contributed by atoms with Gasteiger partial charge in [0.2, 0.25) is 5.91 Å². The summed E-state index contributed by atoms with van der Waals surface area (Å²) in [5.74, 6) is -0.341. The van der Waals surface area contributed by atoms with Gasteiger partial charge in [0.25, 0.3) is 10.2 Å². The van der Waals surface area contributed by atoms with Gasteiger partial charge in [-0.25, -0.2) is 0 Å². The number of carbonyl (C=O) groups is 1. The molecule has 6 nitrogen and oxygen atoms in total. The van der Waals surface area contributed by atoms with Crippen molar-refractivity contribution in [2.24, 2.45) is 0 Å². The molecule has 0 radical (unpaired) electrons. The minimum Gasteiger partial charge on any atom is -0.347 e. The van der Waals surface area contributed by atoms with Crippen LogP contribution in [-0.2, 0) is 21.5 Å². The molecule has 1 amide bonds. The predicted molar refractivity (Wildman–Crippen MR) is 93.2 cm³/mol. The molecule has 0 fully saturated rings. The molecule has 0 unspecified atom stereocenters. The predicted octanol–water partition coefficient (Wildman–Crippen LogP) is 1.44. The van der Waals surface area contributed by atoms with Crippen molar-refractivity contribution >= 4 is 16.1 Å². The van der Waals surface area contributed by atoms with Gasteiger partial charge in [0.15, 0.2) is 0 Å². The van der Waals surface area contributed by atoms with E-state index in [9.17, 15) is 13.2 Å². The van der Waals surface area contributed by atoms with Gasteiger partial charge in [0, 0.05) is 20.6 Å². The number of amides is 1. The second-order valence-electron chi connectivity index (χ2n) is 5.50. The van der Waals surface area contributed by atoms with E-state index in [1.165, 1.54) is 4.90 Å². The first-order chi connectivity index (χ1) is 11.4. The van der Waals surface area contributed by atoms with Gasteiger partial charge in [-0.05, 0) is 11.1 Å². The molecule has 0 heterocycles. The summed E-state index contributed by atoms with van der Waals surface area (Å²) < 4.78 is 29.5. The van der Waals surface area contributed by atoms with Crippen LogP contribution in [-0.4, -0.2) is 33.3 Å². The van der Waals surface area contributed by atoms with E-state index in [1.54, 1.807) is 38.4 Å². The normalized spacial score (nSPS) is 12.6. The Morgan fingerprint density at radius 3 is 2.08 bits per heavy atom. The molecule has 0 saturated carbocycles. The third-order valence-corrected chi connectivity index (χ3v) is 4.47. The van der Waals surface area contributed by atoms with E-state index in [4.69, 9.17) is 0 Å². The molecule has 1 atom stereocenters. The van der Waals surface area contributed by atoms with E-state index in [0.717, 1.165) is 5.56 Å².